The number of hydrogen-bond acceptors (Lipinski definition) is 3. The predicted molar refractivity (Wildman–Crippen MR) is 93.9 cm³/mol. The monoisotopic (exact) mass is 345 g/mol. The average molecular weight is 345 g/mol. The van der Waals surface area contributed by atoms with Crippen molar-refractivity contribution in [3.05, 3.63) is 59.9 Å². The molecule has 0 radical (unpaired) electrons. The van der Waals surface area contributed by atoms with Gasteiger partial charge in [-0.1, -0.05) is 24.3 Å². The summed E-state index contributed by atoms with van der Waals surface area (Å²) in [5.41, 5.74) is 2.12. The molecular formula is C19H21F2N3O. The van der Waals surface area contributed by atoms with E-state index in [-0.39, 0.29) is 6.04 Å². The van der Waals surface area contributed by atoms with Gasteiger partial charge >= 0.3 is 6.55 Å². The average Bonchev–Trinajstić information content (AvgIpc) is 3.01. The number of methoxy groups -OCH3 is 1. The molecule has 0 amide bonds. The fourth-order valence-electron chi connectivity index (χ4n) is 2.92. The molecule has 1 aromatic heterocycles. The van der Waals surface area contributed by atoms with Gasteiger partial charge in [-0.05, 0) is 43.8 Å². The molecule has 0 saturated heterocycles. The van der Waals surface area contributed by atoms with Gasteiger partial charge in [0.2, 0.25) is 0 Å². The third kappa shape index (κ3) is 3.49. The summed E-state index contributed by atoms with van der Waals surface area (Å²) >= 11 is 0. The second kappa shape index (κ2) is 7.19. The van der Waals surface area contributed by atoms with Crippen LogP contribution < -0.4 is 4.74 Å². The number of para-hydroxylation sites is 2. The Hall–Kier alpha value is -2.47. The molecule has 0 aliphatic carbocycles. The summed E-state index contributed by atoms with van der Waals surface area (Å²) in [5, 5.41) is 0. The topological polar surface area (TPSA) is 30.3 Å². The zero-order valence-electron chi connectivity index (χ0n) is 14.5. The van der Waals surface area contributed by atoms with Crippen molar-refractivity contribution in [2.45, 2.75) is 26.1 Å². The molecule has 1 unspecified atom stereocenters. The quantitative estimate of drug-likeness (QED) is 0.652. The van der Waals surface area contributed by atoms with E-state index in [0.717, 1.165) is 15.9 Å². The molecule has 0 bridgehead atoms. The maximum atomic E-state index is 13.6. The smallest absolute Gasteiger partial charge is 0.320 e. The summed E-state index contributed by atoms with van der Waals surface area (Å²) in [4.78, 5) is 6.45. The SMILES string of the molecule is COc1ccc(CN(C)C(C)c2nc3ccccc3n2C(F)F)cc1. The number of hydrogen-bond donors (Lipinski definition) is 0. The first-order valence-electron chi connectivity index (χ1n) is 8.09. The second-order valence-corrected chi connectivity index (χ2v) is 6.05. The van der Waals surface area contributed by atoms with Crippen LogP contribution in [0, 0.1) is 0 Å². The van der Waals surface area contributed by atoms with Crippen LogP contribution >= 0.6 is 0 Å². The fraction of sp³-hybridized carbons (Fsp3) is 0.316. The van der Waals surface area contributed by atoms with Gasteiger partial charge in [0, 0.05) is 6.54 Å². The highest BCUT2D eigenvalue weighted by atomic mass is 19.3. The minimum atomic E-state index is -2.63. The van der Waals surface area contributed by atoms with Gasteiger partial charge < -0.3 is 4.74 Å². The van der Waals surface area contributed by atoms with E-state index in [2.05, 4.69) is 4.98 Å². The van der Waals surface area contributed by atoms with Crippen molar-refractivity contribution >= 4 is 11.0 Å². The Bertz CT molecular complexity index is 846. The van der Waals surface area contributed by atoms with E-state index in [1.807, 2.05) is 43.1 Å². The second-order valence-electron chi connectivity index (χ2n) is 6.05. The molecule has 0 fully saturated rings. The molecule has 0 saturated carbocycles. The lowest BCUT2D eigenvalue weighted by Gasteiger charge is -2.25. The number of nitrogens with zero attached hydrogens (tertiary/aromatic N) is 3. The van der Waals surface area contributed by atoms with Gasteiger partial charge in [0.25, 0.3) is 0 Å². The Balaban J connectivity index is 1.87. The molecule has 3 rings (SSSR count). The predicted octanol–water partition coefficient (Wildman–Crippen LogP) is 4.63. The molecule has 0 spiro atoms. The van der Waals surface area contributed by atoms with Gasteiger partial charge in [-0.15, -0.1) is 0 Å². The lowest BCUT2D eigenvalue weighted by molar-refractivity contribution is 0.0657. The molecule has 1 atom stereocenters. The summed E-state index contributed by atoms with van der Waals surface area (Å²) in [6.45, 7) is -0.111. The lowest BCUT2D eigenvalue weighted by Crippen LogP contribution is -2.25. The maximum Gasteiger partial charge on any atom is 0.320 e. The van der Waals surface area contributed by atoms with Crippen LogP contribution in [0.25, 0.3) is 11.0 Å². The number of ether oxygens (including phenoxy) is 1. The van der Waals surface area contributed by atoms with Crippen LogP contribution in [0.4, 0.5) is 8.78 Å². The number of halogens is 2. The van der Waals surface area contributed by atoms with Crippen molar-refractivity contribution in [3.63, 3.8) is 0 Å². The Morgan fingerprint density at radius 2 is 1.80 bits per heavy atom. The van der Waals surface area contributed by atoms with Crippen molar-refractivity contribution in [1.82, 2.24) is 14.5 Å². The van der Waals surface area contributed by atoms with Crippen molar-refractivity contribution in [1.29, 1.82) is 0 Å². The summed E-state index contributed by atoms with van der Waals surface area (Å²) in [6.07, 6.45) is 0. The highest BCUT2D eigenvalue weighted by molar-refractivity contribution is 5.76. The van der Waals surface area contributed by atoms with Crippen molar-refractivity contribution in [3.8, 4) is 5.75 Å². The third-order valence-electron chi connectivity index (χ3n) is 4.44. The van der Waals surface area contributed by atoms with Crippen LogP contribution in [0.2, 0.25) is 0 Å². The first-order valence-corrected chi connectivity index (χ1v) is 8.09. The molecule has 1 heterocycles. The zero-order chi connectivity index (χ0) is 18.0. The number of aromatic nitrogens is 2. The van der Waals surface area contributed by atoms with Crippen molar-refractivity contribution in [2.24, 2.45) is 0 Å². The molecule has 0 aliphatic heterocycles. The summed E-state index contributed by atoms with van der Waals surface area (Å²) < 4.78 is 33.4. The van der Waals surface area contributed by atoms with E-state index in [0.29, 0.717) is 23.4 Å². The van der Waals surface area contributed by atoms with E-state index in [9.17, 15) is 8.78 Å². The first kappa shape index (κ1) is 17.4. The summed E-state index contributed by atoms with van der Waals surface area (Å²) in [5.74, 6) is 1.16. The van der Waals surface area contributed by atoms with Gasteiger partial charge in [0.05, 0.1) is 24.2 Å². The van der Waals surface area contributed by atoms with Gasteiger partial charge in [-0.3, -0.25) is 9.47 Å². The zero-order valence-corrected chi connectivity index (χ0v) is 14.5. The Morgan fingerprint density at radius 1 is 1.12 bits per heavy atom. The summed E-state index contributed by atoms with van der Waals surface area (Å²) in [7, 11) is 3.53. The van der Waals surface area contributed by atoms with Crippen LogP contribution in [-0.4, -0.2) is 28.6 Å². The molecule has 4 nitrogen and oxygen atoms in total. The number of benzene rings is 2. The largest absolute Gasteiger partial charge is 0.497 e. The lowest BCUT2D eigenvalue weighted by atomic mass is 10.2. The Labute approximate surface area is 145 Å². The molecule has 0 aliphatic rings. The van der Waals surface area contributed by atoms with E-state index in [1.165, 1.54) is 0 Å². The van der Waals surface area contributed by atoms with Crippen LogP contribution in [0.1, 0.15) is 30.9 Å². The van der Waals surface area contributed by atoms with Crippen molar-refractivity contribution in [2.75, 3.05) is 14.2 Å². The van der Waals surface area contributed by atoms with E-state index in [4.69, 9.17) is 4.74 Å². The van der Waals surface area contributed by atoms with E-state index < -0.39 is 6.55 Å². The Kier molecular flexibility index (Phi) is 4.99. The molecule has 6 heteroatoms. The first-order chi connectivity index (χ1) is 12.0. The minimum Gasteiger partial charge on any atom is -0.497 e. The van der Waals surface area contributed by atoms with Crippen LogP contribution in [-0.2, 0) is 6.54 Å². The number of alkyl halides is 2. The molecular weight excluding hydrogens is 324 g/mol. The van der Waals surface area contributed by atoms with Gasteiger partial charge in [0.15, 0.2) is 0 Å². The third-order valence-corrected chi connectivity index (χ3v) is 4.44. The molecule has 132 valence electrons. The highest BCUT2D eigenvalue weighted by Gasteiger charge is 2.24. The van der Waals surface area contributed by atoms with E-state index in [1.54, 1.807) is 31.4 Å². The van der Waals surface area contributed by atoms with E-state index >= 15 is 0 Å². The van der Waals surface area contributed by atoms with Crippen molar-refractivity contribution < 1.29 is 13.5 Å². The number of rotatable bonds is 6. The number of imidazole rings is 1. The molecule has 3 aromatic rings. The number of fused-ring (bicyclic) bond motifs is 1. The minimum absolute atomic E-state index is 0.261. The Morgan fingerprint density at radius 3 is 2.44 bits per heavy atom. The normalized spacial score (nSPS) is 12.9. The maximum absolute atomic E-state index is 13.6. The van der Waals surface area contributed by atoms with Crippen LogP contribution in [0.15, 0.2) is 48.5 Å². The summed E-state index contributed by atoms with van der Waals surface area (Å²) in [6, 6.07) is 14.4. The molecule has 0 N–H and O–H groups in total. The molecule has 2 aromatic carbocycles. The van der Waals surface area contributed by atoms with Gasteiger partial charge in [0.1, 0.15) is 11.6 Å². The van der Waals surface area contributed by atoms with Crippen LogP contribution in [0.5, 0.6) is 5.75 Å². The van der Waals surface area contributed by atoms with Gasteiger partial charge in [-0.25, -0.2) is 4.98 Å². The highest BCUT2D eigenvalue weighted by Crippen LogP contribution is 2.29. The standard InChI is InChI=1S/C19H21F2N3O/c1-13(23(2)12-14-8-10-15(25-3)11-9-14)18-22-16-6-4-5-7-17(16)24(18)19(20)21/h4-11,13,19H,12H2,1-3H3. The van der Waals surface area contributed by atoms with Gasteiger partial charge in [-0.2, -0.15) is 8.78 Å². The molecule has 25 heavy (non-hydrogen) atoms. The van der Waals surface area contributed by atoms with Crippen LogP contribution in [0.3, 0.4) is 0 Å². The fourth-order valence-corrected chi connectivity index (χ4v) is 2.92.